The number of aryl methyl sites for hydroxylation is 1. The monoisotopic (exact) mass is 357 g/mol. The van der Waals surface area contributed by atoms with Crippen molar-refractivity contribution >= 4 is 33.3 Å². The fourth-order valence-electron chi connectivity index (χ4n) is 3.08. The third-order valence-electron chi connectivity index (χ3n) is 4.35. The van der Waals surface area contributed by atoms with Crippen LogP contribution < -0.4 is 10.6 Å². The maximum absolute atomic E-state index is 12.3. The Morgan fingerprint density at radius 1 is 1.40 bits per heavy atom. The number of thiazole rings is 1. The highest BCUT2D eigenvalue weighted by molar-refractivity contribution is 7.16. The maximum Gasteiger partial charge on any atom is 0.319 e. The Morgan fingerprint density at radius 3 is 3.16 bits per heavy atom. The number of nitrogens with zero attached hydrogens (tertiary/aromatic N) is 3. The molecular formula is C17H19N5O2S. The second kappa shape index (κ2) is 6.81. The second-order valence-corrected chi connectivity index (χ2v) is 7.00. The summed E-state index contributed by atoms with van der Waals surface area (Å²) < 4.78 is 8.82. The Bertz CT molecular complexity index is 890. The third-order valence-corrected chi connectivity index (χ3v) is 5.15. The highest BCUT2D eigenvalue weighted by Gasteiger charge is 2.27. The summed E-state index contributed by atoms with van der Waals surface area (Å²) in [6, 6.07) is 5.57. The van der Waals surface area contributed by atoms with E-state index in [0.717, 1.165) is 28.1 Å². The number of urea groups is 1. The number of hydrogen-bond acceptors (Lipinski definition) is 5. The van der Waals surface area contributed by atoms with Crippen molar-refractivity contribution in [3.8, 4) is 0 Å². The summed E-state index contributed by atoms with van der Waals surface area (Å²) in [6.07, 6.45) is 5.08. The van der Waals surface area contributed by atoms with Gasteiger partial charge in [0, 0.05) is 44.2 Å². The molecule has 3 heterocycles. The van der Waals surface area contributed by atoms with Crippen LogP contribution in [0.25, 0.3) is 10.2 Å². The molecule has 130 valence electrons. The molecule has 0 saturated carbocycles. The van der Waals surface area contributed by atoms with Crippen molar-refractivity contribution < 1.29 is 9.53 Å². The van der Waals surface area contributed by atoms with E-state index in [1.807, 2.05) is 36.0 Å². The van der Waals surface area contributed by atoms with Crippen molar-refractivity contribution in [2.24, 2.45) is 7.05 Å². The van der Waals surface area contributed by atoms with Gasteiger partial charge in [-0.3, -0.25) is 0 Å². The molecule has 8 heteroatoms. The van der Waals surface area contributed by atoms with Crippen LogP contribution in [0.3, 0.4) is 0 Å². The van der Waals surface area contributed by atoms with Gasteiger partial charge in [-0.15, -0.1) is 11.3 Å². The number of ether oxygens (including phenoxy) is 1. The second-order valence-electron chi connectivity index (χ2n) is 6.11. The lowest BCUT2D eigenvalue weighted by Crippen LogP contribution is -2.42. The molecule has 2 aromatic heterocycles. The molecule has 0 spiro atoms. The predicted octanol–water partition coefficient (Wildman–Crippen LogP) is 3.07. The van der Waals surface area contributed by atoms with Gasteiger partial charge in [-0.05, 0) is 24.6 Å². The molecule has 3 aromatic rings. The summed E-state index contributed by atoms with van der Waals surface area (Å²) in [4.78, 5) is 20.9. The van der Waals surface area contributed by atoms with Gasteiger partial charge in [0.2, 0.25) is 0 Å². The van der Waals surface area contributed by atoms with Crippen molar-refractivity contribution in [1.82, 2.24) is 19.9 Å². The zero-order valence-corrected chi connectivity index (χ0v) is 14.6. The molecule has 0 aliphatic carbocycles. The number of rotatable bonds is 3. The van der Waals surface area contributed by atoms with Crippen LogP contribution in [0.15, 0.2) is 36.1 Å². The lowest BCUT2D eigenvalue weighted by Gasteiger charge is -2.29. The number of benzene rings is 1. The molecule has 1 aliphatic rings. The van der Waals surface area contributed by atoms with E-state index in [-0.39, 0.29) is 18.2 Å². The van der Waals surface area contributed by atoms with Gasteiger partial charge in [0.15, 0.2) is 0 Å². The van der Waals surface area contributed by atoms with Crippen molar-refractivity contribution in [3.63, 3.8) is 0 Å². The minimum atomic E-state index is -0.200. The highest BCUT2D eigenvalue weighted by Crippen LogP contribution is 2.27. The number of amides is 2. The molecule has 0 bridgehead atoms. The summed E-state index contributed by atoms with van der Waals surface area (Å²) in [7, 11) is 1.95. The largest absolute Gasteiger partial charge is 0.370 e. The van der Waals surface area contributed by atoms with E-state index in [2.05, 4.69) is 20.6 Å². The Morgan fingerprint density at radius 2 is 2.32 bits per heavy atom. The van der Waals surface area contributed by atoms with Crippen molar-refractivity contribution in [3.05, 3.63) is 41.9 Å². The van der Waals surface area contributed by atoms with Gasteiger partial charge in [0.25, 0.3) is 0 Å². The van der Waals surface area contributed by atoms with Gasteiger partial charge in [0.05, 0.1) is 15.7 Å². The first-order valence-electron chi connectivity index (χ1n) is 8.18. The van der Waals surface area contributed by atoms with Crippen LogP contribution in [0.4, 0.5) is 10.5 Å². The molecular weight excluding hydrogens is 338 g/mol. The topological polar surface area (TPSA) is 81.1 Å². The lowest BCUT2D eigenvalue weighted by molar-refractivity contribution is -0.00410. The van der Waals surface area contributed by atoms with Gasteiger partial charge in [0.1, 0.15) is 11.9 Å². The van der Waals surface area contributed by atoms with Crippen LogP contribution in [0.5, 0.6) is 0 Å². The molecule has 1 saturated heterocycles. The number of carbonyl (C=O) groups excluding carboxylic acids is 1. The Kier molecular flexibility index (Phi) is 4.37. The first kappa shape index (κ1) is 16.0. The van der Waals surface area contributed by atoms with E-state index < -0.39 is 0 Å². The summed E-state index contributed by atoms with van der Waals surface area (Å²) in [6.45, 7) is 0.606. The lowest BCUT2D eigenvalue weighted by atomic mass is 10.0. The molecule has 4 rings (SSSR count). The number of nitrogens with one attached hydrogen (secondary N) is 2. The van der Waals surface area contributed by atoms with E-state index in [0.29, 0.717) is 13.0 Å². The maximum atomic E-state index is 12.3. The molecule has 25 heavy (non-hydrogen) atoms. The smallest absolute Gasteiger partial charge is 0.319 e. The van der Waals surface area contributed by atoms with Crippen LogP contribution >= 0.6 is 11.3 Å². The average molecular weight is 357 g/mol. The van der Waals surface area contributed by atoms with Crippen LogP contribution in [0.1, 0.15) is 24.8 Å². The Labute approximate surface area is 149 Å². The number of imidazole rings is 1. The average Bonchev–Trinajstić information content (AvgIpc) is 3.23. The van der Waals surface area contributed by atoms with E-state index in [1.165, 1.54) is 0 Å². The van der Waals surface area contributed by atoms with Crippen molar-refractivity contribution in [2.45, 2.75) is 25.0 Å². The van der Waals surface area contributed by atoms with Crippen molar-refractivity contribution in [2.75, 3.05) is 11.9 Å². The summed E-state index contributed by atoms with van der Waals surface area (Å²) >= 11 is 1.56. The van der Waals surface area contributed by atoms with Gasteiger partial charge in [-0.1, -0.05) is 0 Å². The van der Waals surface area contributed by atoms with Crippen LogP contribution in [0.2, 0.25) is 0 Å². The standard InChI is InChI=1S/C17H19N5O2S/c1-22-6-5-18-16(22)14-8-12(4-7-24-14)21-17(23)20-11-2-3-13-15(9-11)25-10-19-13/h2-3,5-6,9-10,12,14H,4,7-8H2,1H3,(H2,20,21,23). The molecule has 0 radical (unpaired) electrons. The molecule has 2 atom stereocenters. The third kappa shape index (κ3) is 3.49. The summed E-state index contributed by atoms with van der Waals surface area (Å²) in [5.74, 6) is 0.891. The molecule has 1 fully saturated rings. The SMILES string of the molecule is Cn1ccnc1C1CC(NC(=O)Nc2ccc3ncsc3c2)CCO1. The van der Waals surface area contributed by atoms with Crippen LogP contribution in [-0.2, 0) is 11.8 Å². The summed E-state index contributed by atoms with van der Waals surface area (Å²) in [5, 5.41) is 5.94. The zero-order valence-electron chi connectivity index (χ0n) is 13.8. The quantitative estimate of drug-likeness (QED) is 0.755. The molecule has 2 N–H and O–H groups in total. The summed E-state index contributed by atoms with van der Waals surface area (Å²) in [5.41, 5.74) is 3.51. The first-order chi connectivity index (χ1) is 12.2. The van der Waals surface area contributed by atoms with Crippen LogP contribution in [-0.4, -0.2) is 33.2 Å². The highest BCUT2D eigenvalue weighted by atomic mass is 32.1. The molecule has 1 aliphatic heterocycles. The van der Waals surface area contributed by atoms with Gasteiger partial charge in [-0.2, -0.15) is 0 Å². The van der Waals surface area contributed by atoms with Gasteiger partial charge < -0.3 is 19.9 Å². The molecule has 1 aromatic carbocycles. The zero-order chi connectivity index (χ0) is 17.2. The minimum Gasteiger partial charge on any atom is -0.370 e. The van der Waals surface area contributed by atoms with Gasteiger partial charge >= 0.3 is 6.03 Å². The first-order valence-corrected chi connectivity index (χ1v) is 9.06. The number of anilines is 1. The van der Waals surface area contributed by atoms with Gasteiger partial charge in [-0.25, -0.2) is 14.8 Å². The number of fused-ring (bicyclic) bond motifs is 1. The Balaban J connectivity index is 1.37. The fraction of sp³-hybridized carbons (Fsp3) is 0.353. The minimum absolute atomic E-state index is 0.0579. The van der Waals surface area contributed by atoms with Crippen LogP contribution in [0, 0.1) is 0 Å². The number of hydrogen-bond donors (Lipinski definition) is 2. The fourth-order valence-corrected chi connectivity index (χ4v) is 3.80. The Hall–Kier alpha value is -2.45. The molecule has 7 nitrogen and oxygen atoms in total. The molecule has 2 amide bonds. The van der Waals surface area contributed by atoms with E-state index in [1.54, 1.807) is 23.0 Å². The normalized spacial score (nSPS) is 20.5. The van der Waals surface area contributed by atoms with E-state index >= 15 is 0 Å². The van der Waals surface area contributed by atoms with Crippen molar-refractivity contribution in [1.29, 1.82) is 0 Å². The van der Waals surface area contributed by atoms with E-state index in [4.69, 9.17) is 4.74 Å². The predicted molar refractivity (Wildman–Crippen MR) is 96.7 cm³/mol. The number of aromatic nitrogens is 3. The number of carbonyl (C=O) groups is 1. The molecule has 2 unspecified atom stereocenters. The van der Waals surface area contributed by atoms with E-state index in [9.17, 15) is 4.79 Å².